The van der Waals surface area contributed by atoms with Gasteiger partial charge in [-0.25, -0.2) is 0 Å². The molecule has 0 radical (unpaired) electrons. The van der Waals surface area contributed by atoms with E-state index in [2.05, 4.69) is 34.7 Å². The minimum atomic E-state index is 0.0528. The largest absolute Gasteiger partial charge is 0.396 e. The van der Waals surface area contributed by atoms with Crippen molar-refractivity contribution in [3.05, 3.63) is 28.2 Å². The molecule has 0 fully saturated rings. The van der Waals surface area contributed by atoms with Crippen molar-refractivity contribution in [1.29, 1.82) is 0 Å². The van der Waals surface area contributed by atoms with E-state index in [9.17, 15) is 0 Å². The standard InChI is InChI=1S/C13H20BrNO2/c1-10(2)15(6-3-7-16)13-5-4-11(9-17)8-12(13)14/h4-5,8,10,16-17H,3,6-7,9H2,1-2H3. The fraction of sp³-hybridized carbons (Fsp3) is 0.538. The van der Waals surface area contributed by atoms with Gasteiger partial charge in [0.25, 0.3) is 0 Å². The number of rotatable bonds is 6. The monoisotopic (exact) mass is 301 g/mol. The summed E-state index contributed by atoms with van der Waals surface area (Å²) >= 11 is 3.53. The van der Waals surface area contributed by atoms with Crippen LogP contribution in [-0.2, 0) is 6.61 Å². The second-order valence-corrected chi connectivity index (χ2v) is 5.16. The molecule has 1 rings (SSSR count). The molecule has 17 heavy (non-hydrogen) atoms. The van der Waals surface area contributed by atoms with E-state index in [1.165, 1.54) is 0 Å². The van der Waals surface area contributed by atoms with Gasteiger partial charge in [-0.3, -0.25) is 0 Å². The van der Waals surface area contributed by atoms with Crippen LogP contribution in [0.15, 0.2) is 22.7 Å². The zero-order chi connectivity index (χ0) is 12.8. The van der Waals surface area contributed by atoms with E-state index >= 15 is 0 Å². The Kier molecular flexibility index (Phi) is 5.95. The molecular formula is C13H20BrNO2. The van der Waals surface area contributed by atoms with Crippen molar-refractivity contribution in [2.24, 2.45) is 0 Å². The van der Waals surface area contributed by atoms with Crippen LogP contribution in [0.4, 0.5) is 5.69 Å². The Morgan fingerprint density at radius 2 is 2.00 bits per heavy atom. The molecule has 1 aromatic carbocycles. The molecule has 0 aromatic heterocycles. The van der Waals surface area contributed by atoms with Crippen LogP contribution in [0.1, 0.15) is 25.8 Å². The number of nitrogens with zero attached hydrogens (tertiary/aromatic N) is 1. The zero-order valence-corrected chi connectivity index (χ0v) is 11.9. The fourth-order valence-corrected chi connectivity index (χ4v) is 2.43. The molecule has 0 aliphatic carbocycles. The lowest BCUT2D eigenvalue weighted by Crippen LogP contribution is -2.32. The van der Waals surface area contributed by atoms with Crippen molar-refractivity contribution in [2.75, 3.05) is 18.1 Å². The highest BCUT2D eigenvalue weighted by Crippen LogP contribution is 2.29. The number of aliphatic hydroxyl groups is 2. The summed E-state index contributed by atoms with van der Waals surface area (Å²) in [6, 6.07) is 6.24. The molecule has 1 aromatic rings. The highest BCUT2D eigenvalue weighted by Gasteiger charge is 2.13. The molecule has 0 saturated heterocycles. The summed E-state index contributed by atoms with van der Waals surface area (Å²) in [5.41, 5.74) is 2.00. The summed E-state index contributed by atoms with van der Waals surface area (Å²) in [5.74, 6) is 0. The summed E-state index contributed by atoms with van der Waals surface area (Å²) in [4.78, 5) is 2.24. The van der Waals surface area contributed by atoms with Gasteiger partial charge in [0.05, 0.1) is 12.3 Å². The Bertz CT molecular complexity index is 355. The Morgan fingerprint density at radius 1 is 1.29 bits per heavy atom. The number of hydrogen-bond acceptors (Lipinski definition) is 3. The average Bonchev–Trinajstić information content (AvgIpc) is 2.30. The summed E-state index contributed by atoms with van der Waals surface area (Å²) in [7, 11) is 0. The van der Waals surface area contributed by atoms with Crippen molar-refractivity contribution in [1.82, 2.24) is 0 Å². The molecule has 2 N–H and O–H groups in total. The third-order valence-corrected chi connectivity index (χ3v) is 3.32. The molecule has 0 unspecified atom stereocenters. The van der Waals surface area contributed by atoms with E-state index < -0.39 is 0 Å². The van der Waals surface area contributed by atoms with Crippen LogP contribution in [-0.4, -0.2) is 29.4 Å². The minimum absolute atomic E-state index is 0.0528. The van der Waals surface area contributed by atoms with Gasteiger partial charge < -0.3 is 15.1 Å². The minimum Gasteiger partial charge on any atom is -0.396 e. The number of hydrogen-bond donors (Lipinski definition) is 2. The molecule has 4 heteroatoms. The van der Waals surface area contributed by atoms with E-state index in [0.29, 0.717) is 6.04 Å². The van der Waals surface area contributed by atoms with Crippen molar-refractivity contribution in [2.45, 2.75) is 32.9 Å². The maximum Gasteiger partial charge on any atom is 0.0682 e. The van der Waals surface area contributed by atoms with Gasteiger partial charge in [-0.1, -0.05) is 6.07 Å². The highest BCUT2D eigenvalue weighted by atomic mass is 79.9. The van der Waals surface area contributed by atoms with Gasteiger partial charge in [0.1, 0.15) is 0 Å². The van der Waals surface area contributed by atoms with Crippen LogP contribution >= 0.6 is 15.9 Å². The third-order valence-electron chi connectivity index (χ3n) is 2.68. The highest BCUT2D eigenvalue weighted by molar-refractivity contribution is 9.10. The van der Waals surface area contributed by atoms with Crippen LogP contribution in [0, 0.1) is 0 Å². The number of benzene rings is 1. The summed E-state index contributed by atoms with van der Waals surface area (Å²) in [6.07, 6.45) is 0.756. The average molecular weight is 302 g/mol. The number of anilines is 1. The first-order valence-corrected chi connectivity index (χ1v) is 6.66. The van der Waals surface area contributed by atoms with Gasteiger partial charge in [-0.15, -0.1) is 0 Å². The lowest BCUT2D eigenvalue weighted by Gasteiger charge is -2.30. The predicted molar refractivity (Wildman–Crippen MR) is 74.2 cm³/mol. The Balaban J connectivity index is 2.93. The van der Waals surface area contributed by atoms with Crippen molar-refractivity contribution >= 4 is 21.6 Å². The van der Waals surface area contributed by atoms with Crippen LogP contribution < -0.4 is 4.90 Å². The van der Waals surface area contributed by atoms with Crippen LogP contribution in [0.2, 0.25) is 0 Å². The fourth-order valence-electron chi connectivity index (χ4n) is 1.78. The third kappa shape index (κ3) is 3.98. The van der Waals surface area contributed by atoms with Crippen LogP contribution in [0.25, 0.3) is 0 Å². The topological polar surface area (TPSA) is 43.7 Å². The summed E-state index contributed by atoms with van der Waals surface area (Å²) in [6.45, 7) is 5.34. The van der Waals surface area contributed by atoms with Gasteiger partial charge in [-0.2, -0.15) is 0 Å². The quantitative estimate of drug-likeness (QED) is 0.849. The van der Waals surface area contributed by atoms with Crippen LogP contribution in [0.3, 0.4) is 0 Å². The first-order chi connectivity index (χ1) is 8.10. The molecule has 0 aliphatic rings. The van der Waals surface area contributed by atoms with Gasteiger partial charge in [0, 0.05) is 23.7 Å². The Hall–Kier alpha value is -0.580. The Morgan fingerprint density at radius 3 is 2.47 bits per heavy atom. The molecule has 0 aliphatic heterocycles. The molecule has 0 atom stereocenters. The molecule has 0 heterocycles. The number of halogens is 1. The van der Waals surface area contributed by atoms with E-state index in [4.69, 9.17) is 10.2 Å². The summed E-state index contributed by atoms with van der Waals surface area (Å²) < 4.78 is 0.982. The first-order valence-electron chi connectivity index (χ1n) is 5.87. The van der Waals surface area contributed by atoms with Gasteiger partial charge in [-0.05, 0) is 53.9 Å². The van der Waals surface area contributed by atoms with Crippen molar-refractivity contribution < 1.29 is 10.2 Å². The van der Waals surface area contributed by atoms with E-state index in [1.54, 1.807) is 0 Å². The molecule has 0 amide bonds. The molecular weight excluding hydrogens is 282 g/mol. The maximum atomic E-state index is 9.07. The van der Waals surface area contributed by atoms with Gasteiger partial charge in [0.15, 0.2) is 0 Å². The van der Waals surface area contributed by atoms with Gasteiger partial charge >= 0.3 is 0 Å². The number of aliphatic hydroxyl groups excluding tert-OH is 2. The molecule has 3 nitrogen and oxygen atoms in total. The molecule has 96 valence electrons. The van der Waals surface area contributed by atoms with Gasteiger partial charge in [0.2, 0.25) is 0 Å². The Labute approximate surface area is 111 Å². The SMILES string of the molecule is CC(C)N(CCCO)c1ccc(CO)cc1Br. The zero-order valence-electron chi connectivity index (χ0n) is 10.4. The molecule has 0 bridgehead atoms. The maximum absolute atomic E-state index is 9.07. The lowest BCUT2D eigenvalue weighted by atomic mass is 10.1. The van der Waals surface area contributed by atoms with Crippen molar-refractivity contribution in [3.63, 3.8) is 0 Å². The first kappa shape index (κ1) is 14.5. The van der Waals surface area contributed by atoms with E-state index in [-0.39, 0.29) is 13.2 Å². The second-order valence-electron chi connectivity index (χ2n) is 4.31. The lowest BCUT2D eigenvalue weighted by molar-refractivity contribution is 0.282. The normalized spacial score (nSPS) is 10.9. The second kappa shape index (κ2) is 6.99. The smallest absolute Gasteiger partial charge is 0.0682 e. The van der Waals surface area contributed by atoms with Crippen LogP contribution in [0.5, 0.6) is 0 Å². The van der Waals surface area contributed by atoms with E-state index in [0.717, 1.165) is 28.7 Å². The van der Waals surface area contributed by atoms with E-state index in [1.807, 2.05) is 18.2 Å². The predicted octanol–water partition coefficient (Wildman–Crippen LogP) is 2.54. The van der Waals surface area contributed by atoms with Crippen molar-refractivity contribution in [3.8, 4) is 0 Å². The molecule has 0 spiro atoms. The summed E-state index contributed by atoms with van der Waals surface area (Å²) in [5, 5.41) is 18.0. The molecule has 0 saturated carbocycles.